The lowest BCUT2D eigenvalue weighted by molar-refractivity contribution is 0.795. The molecule has 0 amide bonds. The van der Waals surface area contributed by atoms with Crippen LogP contribution in [-0.4, -0.2) is 0 Å². The number of nitrogens with two attached hydrogens (primary N) is 1. The molecule has 1 nitrogen and oxygen atoms in total. The fourth-order valence-electron chi connectivity index (χ4n) is 1.85. The third-order valence-corrected chi connectivity index (χ3v) is 3.03. The predicted octanol–water partition coefficient (Wildman–Crippen LogP) is 4.01. The minimum Gasteiger partial charge on any atom is -0.399 e. The second-order valence-electron chi connectivity index (χ2n) is 4.67. The zero-order chi connectivity index (χ0) is 13.5. The minimum absolute atomic E-state index is 0.769. The van der Waals surface area contributed by atoms with Gasteiger partial charge in [-0.3, -0.25) is 0 Å². The zero-order valence-corrected chi connectivity index (χ0v) is 11.3. The van der Waals surface area contributed by atoms with Crippen LogP contribution in [0.2, 0.25) is 0 Å². The van der Waals surface area contributed by atoms with E-state index in [-0.39, 0.29) is 0 Å². The van der Waals surface area contributed by atoms with Crippen molar-refractivity contribution in [1.29, 1.82) is 0 Å². The Hall–Kier alpha value is -2.20. The monoisotopic (exact) mass is 249 g/mol. The van der Waals surface area contributed by atoms with Crippen molar-refractivity contribution in [3.63, 3.8) is 0 Å². The van der Waals surface area contributed by atoms with Gasteiger partial charge < -0.3 is 5.73 Å². The van der Waals surface area contributed by atoms with Crippen LogP contribution in [0, 0.1) is 11.8 Å². The van der Waals surface area contributed by atoms with E-state index in [0.717, 1.165) is 23.2 Å². The van der Waals surface area contributed by atoms with Crippen molar-refractivity contribution in [2.45, 2.75) is 26.2 Å². The van der Waals surface area contributed by atoms with Gasteiger partial charge in [-0.1, -0.05) is 37.3 Å². The highest BCUT2D eigenvalue weighted by atomic mass is 14.5. The van der Waals surface area contributed by atoms with Gasteiger partial charge in [0.2, 0.25) is 0 Å². The summed E-state index contributed by atoms with van der Waals surface area (Å²) in [6.07, 6.45) is 3.64. The number of nitrogen functional groups attached to an aromatic ring is 1. The van der Waals surface area contributed by atoms with Crippen molar-refractivity contribution < 1.29 is 0 Å². The van der Waals surface area contributed by atoms with Crippen molar-refractivity contribution in [2.75, 3.05) is 5.73 Å². The third kappa shape index (κ3) is 4.19. The van der Waals surface area contributed by atoms with Gasteiger partial charge in [-0.05, 0) is 54.8 Å². The summed E-state index contributed by atoms with van der Waals surface area (Å²) >= 11 is 0. The Bertz CT molecular complexity index is 568. The van der Waals surface area contributed by atoms with E-state index in [1.54, 1.807) is 0 Å². The van der Waals surface area contributed by atoms with E-state index in [2.05, 4.69) is 43.0 Å². The first-order valence-corrected chi connectivity index (χ1v) is 6.74. The van der Waals surface area contributed by atoms with Crippen molar-refractivity contribution in [3.8, 4) is 11.8 Å². The van der Waals surface area contributed by atoms with Crippen molar-refractivity contribution in [1.82, 2.24) is 0 Å². The van der Waals surface area contributed by atoms with Crippen LogP contribution in [0.4, 0.5) is 5.69 Å². The molecule has 2 N–H and O–H groups in total. The molecule has 0 aromatic heterocycles. The molecule has 96 valence electrons. The van der Waals surface area contributed by atoms with Crippen LogP contribution in [0.3, 0.4) is 0 Å². The van der Waals surface area contributed by atoms with Crippen LogP contribution in [0.25, 0.3) is 0 Å². The van der Waals surface area contributed by atoms with E-state index < -0.39 is 0 Å². The number of aryl methyl sites for hydroxylation is 1. The van der Waals surface area contributed by atoms with Crippen molar-refractivity contribution >= 4 is 5.69 Å². The first-order chi connectivity index (χ1) is 9.28. The van der Waals surface area contributed by atoms with Gasteiger partial charge >= 0.3 is 0 Å². The van der Waals surface area contributed by atoms with Crippen LogP contribution < -0.4 is 5.73 Å². The van der Waals surface area contributed by atoms with E-state index >= 15 is 0 Å². The summed E-state index contributed by atoms with van der Waals surface area (Å²) in [5, 5.41) is 0. The minimum atomic E-state index is 0.769. The molecule has 0 unspecified atom stereocenters. The molecular formula is C18H19N. The molecule has 2 aromatic rings. The first kappa shape index (κ1) is 13.2. The smallest absolute Gasteiger partial charge is 0.0314 e. The molecule has 0 radical (unpaired) electrons. The summed E-state index contributed by atoms with van der Waals surface area (Å²) in [6.45, 7) is 2.21. The number of hydrogen-bond donors (Lipinski definition) is 1. The average molecular weight is 249 g/mol. The lowest BCUT2D eigenvalue weighted by Crippen LogP contribution is -1.85. The highest BCUT2D eigenvalue weighted by Crippen LogP contribution is 2.08. The van der Waals surface area contributed by atoms with E-state index in [1.165, 1.54) is 18.4 Å². The maximum atomic E-state index is 5.64. The summed E-state index contributed by atoms with van der Waals surface area (Å²) in [5.74, 6) is 6.32. The number of rotatable bonds is 3. The maximum absolute atomic E-state index is 5.64. The molecule has 0 heterocycles. The van der Waals surface area contributed by atoms with Crippen molar-refractivity contribution in [3.05, 3.63) is 65.2 Å². The molecule has 0 aliphatic carbocycles. The summed E-state index contributed by atoms with van der Waals surface area (Å²) in [7, 11) is 0. The summed E-state index contributed by atoms with van der Waals surface area (Å²) in [4.78, 5) is 0. The molecule has 0 aliphatic rings. The Balaban J connectivity index is 2.05. The molecule has 0 bridgehead atoms. The quantitative estimate of drug-likeness (QED) is 0.645. The van der Waals surface area contributed by atoms with Gasteiger partial charge in [-0.25, -0.2) is 0 Å². The Labute approximate surface area is 115 Å². The highest BCUT2D eigenvalue weighted by molar-refractivity contribution is 5.47. The lowest BCUT2D eigenvalue weighted by Gasteiger charge is -1.99. The van der Waals surface area contributed by atoms with Crippen LogP contribution in [0.1, 0.15) is 36.5 Å². The summed E-state index contributed by atoms with van der Waals surface area (Å²) < 4.78 is 0. The second kappa shape index (κ2) is 6.66. The van der Waals surface area contributed by atoms with E-state index in [9.17, 15) is 0 Å². The molecule has 0 saturated carbocycles. The second-order valence-corrected chi connectivity index (χ2v) is 4.67. The molecule has 2 aromatic carbocycles. The SMILES string of the molecule is CCCCc1ccc(C#Cc2ccc(N)cc2)cc1. The Kier molecular flexibility index (Phi) is 4.64. The average Bonchev–Trinajstić information content (AvgIpc) is 2.46. The molecule has 0 spiro atoms. The molecule has 2 rings (SSSR count). The third-order valence-electron chi connectivity index (χ3n) is 3.03. The summed E-state index contributed by atoms with van der Waals surface area (Å²) in [5.41, 5.74) is 9.84. The molecule has 0 atom stereocenters. The van der Waals surface area contributed by atoms with Crippen LogP contribution in [-0.2, 0) is 6.42 Å². The Morgan fingerprint density at radius 1 is 0.842 bits per heavy atom. The molecule has 19 heavy (non-hydrogen) atoms. The van der Waals surface area contributed by atoms with E-state index in [0.29, 0.717) is 0 Å². The highest BCUT2D eigenvalue weighted by Gasteiger charge is 1.92. The lowest BCUT2D eigenvalue weighted by atomic mass is 10.1. The molecule has 0 aliphatic heterocycles. The Morgan fingerprint density at radius 2 is 1.37 bits per heavy atom. The number of anilines is 1. The van der Waals surface area contributed by atoms with Crippen LogP contribution in [0.5, 0.6) is 0 Å². The maximum Gasteiger partial charge on any atom is 0.0314 e. The van der Waals surface area contributed by atoms with E-state index in [1.807, 2.05) is 24.3 Å². The van der Waals surface area contributed by atoms with Gasteiger partial charge in [-0.2, -0.15) is 0 Å². The van der Waals surface area contributed by atoms with Crippen molar-refractivity contribution in [2.24, 2.45) is 0 Å². The van der Waals surface area contributed by atoms with Gasteiger partial charge in [0.05, 0.1) is 0 Å². The number of benzene rings is 2. The number of unbranched alkanes of at least 4 members (excludes halogenated alkanes) is 1. The van der Waals surface area contributed by atoms with E-state index in [4.69, 9.17) is 5.73 Å². The van der Waals surface area contributed by atoms with Crippen LogP contribution in [0.15, 0.2) is 48.5 Å². The fraction of sp³-hybridized carbons (Fsp3) is 0.222. The predicted molar refractivity (Wildman–Crippen MR) is 81.9 cm³/mol. The van der Waals surface area contributed by atoms with Gasteiger partial charge in [0, 0.05) is 16.8 Å². The van der Waals surface area contributed by atoms with Gasteiger partial charge in [0.15, 0.2) is 0 Å². The molecule has 1 heteroatoms. The van der Waals surface area contributed by atoms with Gasteiger partial charge in [-0.15, -0.1) is 0 Å². The topological polar surface area (TPSA) is 26.0 Å². The zero-order valence-electron chi connectivity index (χ0n) is 11.3. The normalized spacial score (nSPS) is 9.74. The van der Waals surface area contributed by atoms with Crippen LogP contribution >= 0.6 is 0 Å². The Morgan fingerprint density at radius 3 is 1.89 bits per heavy atom. The first-order valence-electron chi connectivity index (χ1n) is 6.74. The number of hydrogen-bond acceptors (Lipinski definition) is 1. The summed E-state index contributed by atoms with van der Waals surface area (Å²) in [6, 6.07) is 16.2. The molecule has 0 saturated heterocycles. The standard InChI is InChI=1S/C18H19N/c1-2-3-4-15-5-7-16(8-6-15)9-10-17-11-13-18(19)14-12-17/h5-8,11-14H,2-4,19H2,1H3. The molecular weight excluding hydrogens is 230 g/mol. The van der Waals surface area contributed by atoms with Gasteiger partial charge in [0.25, 0.3) is 0 Å². The fourth-order valence-corrected chi connectivity index (χ4v) is 1.85. The largest absolute Gasteiger partial charge is 0.399 e. The molecule has 0 fully saturated rings. The van der Waals surface area contributed by atoms with Gasteiger partial charge in [0.1, 0.15) is 0 Å².